The third-order valence-electron chi connectivity index (χ3n) is 4.59. The molecule has 1 aromatic carbocycles. The zero-order chi connectivity index (χ0) is 15.0. The van der Waals surface area contributed by atoms with E-state index < -0.39 is 0 Å². The van der Waals surface area contributed by atoms with Crippen molar-refractivity contribution in [2.45, 2.75) is 56.5 Å². The first kappa shape index (κ1) is 14.9. The highest BCUT2D eigenvalue weighted by Crippen LogP contribution is 2.43. The number of rotatable bonds is 2. The second kappa shape index (κ2) is 5.65. The molecule has 3 nitrogen and oxygen atoms in total. The summed E-state index contributed by atoms with van der Waals surface area (Å²) < 4.78 is 5.84. The smallest absolute Gasteiger partial charge is 0.257 e. The van der Waals surface area contributed by atoms with E-state index in [4.69, 9.17) is 10.2 Å². The van der Waals surface area contributed by atoms with Crippen LogP contribution in [0.4, 0.5) is 0 Å². The van der Waals surface area contributed by atoms with Gasteiger partial charge >= 0.3 is 0 Å². The number of nitrogens with zero attached hydrogens (tertiary/aromatic N) is 1. The van der Waals surface area contributed by atoms with Crippen molar-refractivity contribution in [3.05, 3.63) is 24.3 Å². The Bertz CT molecular complexity index is 584. The third kappa shape index (κ3) is 3.27. The first-order valence-electron chi connectivity index (χ1n) is 7.71. The van der Waals surface area contributed by atoms with Gasteiger partial charge in [0.25, 0.3) is 5.22 Å². The highest BCUT2D eigenvalue weighted by atomic mass is 32.2. The average Bonchev–Trinajstić information content (AvgIpc) is 2.82. The Labute approximate surface area is 130 Å². The molecule has 2 N–H and O–H groups in total. The van der Waals surface area contributed by atoms with Crippen LogP contribution in [0.1, 0.15) is 40.0 Å². The monoisotopic (exact) mass is 304 g/mol. The molecule has 21 heavy (non-hydrogen) atoms. The van der Waals surface area contributed by atoms with Crippen LogP contribution in [0.2, 0.25) is 0 Å². The highest BCUT2D eigenvalue weighted by Gasteiger charge is 2.35. The van der Waals surface area contributed by atoms with Gasteiger partial charge in [0.15, 0.2) is 5.58 Å². The molecule has 0 radical (unpaired) electrons. The van der Waals surface area contributed by atoms with Crippen LogP contribution in [0.25, 0.3) is 11.1 Å². The minimum absolute atomic E-state index is 0.239. The van der Waals surface area contributed by atoms with Gasteiger partial charge in [0.1, 0.15) is 5.52 Å². The van der Waals surface area contributed by atoms with E-state index in [0.29, 0.717) is 10.7 Å². The second-order valence-corrected chi connectivity index (χ2v) is 8.33. The molecule has 1 heterocycles. The number of para-hydroxylation sites is 2. The number of fused-ring (bicyclic) bond motifs is 1. The Balaban J connectivity index is 1.75. The summed E-state index contributed by atoms with van der Waals surface area (Å²) in [6, 6.07) is 8.15. The van der Waals surface area contributed by atoms with Crippen molar-refractivity contribution in [1.82, 2.24) is 4.98 Å². The minimum atomic E-state index is 0.239. The largest absolute Gasteiger partial charge is 0.431 e. The van der Waals surface area contributed by atoms with Crippen molar-refractivity contribution in [3.63, 3.8) is 0 Å². The number of oxazole rings is 1. The molecule has 0 spiro atoms. The first-order chi connectivity index (χ1) is 9.93. The number of aromatic nitrogens is 1. The Morgan fingerprint density at radius 3 is 2.71 bits per heavy atom. The lowest BCUT2D eigenvalue weighted by atomic mass is 9.71. The maximum Gasteiger partial charge on any atom is 0.257 e. The van der Waals surface area contributed by atoms with Gasteiger partial charge in [-0.25, -0.2) is 4.98 Å². The molecule has 0 bridgehead atoms. The molecule has 4 heteroatoms. The Hall–Kier alpha value is -1.00. The van der Waals surface area contributed by atoms with Crippen molar-refractivity contribution in [2.75, 3.05) is 0 Å². The maximum absolute atomic E-state index is 6.34. The number of benzene rings is 1. The maximum atomic E-state index is 6.34. The van der Waals surface area contributed by atoms with Crippen molar-refractivity contribution in [3.8, 4) is 0 Å². The number of hydrogen-bond donors (Lipinski definition) is 1. The van der Waals surface area contributed by atoms with Crippen LogP contribution >= 0.6 is 11.8 Å². The minimum Gasteiger partial charge on any atom is -0.431 e. The zero-order valence-corrected chi connectivity index (χ0v) is 13.8. The second-order valence-electron chi connectivity index (χ2n) is 7.14. The van der Waals surface area contributed by atoms with Gasteiger partial charge in [-0.2, -0.15) is 0 Å². The van der Waals surface area contributed by atoms with Crippen LogP contribution in [0.5, 0.6) is 0 Å². The molecule has 114 valence electrons. The molecule has 0 amide bonds. The Morgan fingerprint density at radius 1 is 1.24 bits per heavy atom. The van der Waals surface area contributed by atoms with E-state index in [1.54, 1.807) is 11.8 Å². The molecule has 1 saturated carbocycles. The summed E-state index contributed by atoms with van der Waals surface area (Å²) in [5, 5.41) is 1.15. The molecular weight excluding hydrogens is 280 g/mol. The summed E-state index contributed by atoms with van der Waals surface area (Å²) in [5.41, 5.74) is 8.47. The van der Waals surface area contributed by atoms with Gasteiger partial charge in [-0.15, -0.1) is 0 Å². The lowest BCUT2D eigenvalue weighted by Gasteiger charge is -2.39. The van der Waals surface area contributed by atoms with Gasteiger partial charge in [0.2, 0.25) is 0 Å². The summed E-state index contributed by atoms with van der Waals surface area (Å²) in [6.45, 7) is 6.99. The van der Waals surface area contributed by atoms with Crippen molar-refractivity contribution < 1.29 is 4.42 Å². The summed E-state index contributed by atoms with van der Waals surface area (Å²) in [7, 11) is 0. The molecule has 2 aromatic rings. The average molecular weight is 304 g/mol. The van der Waals surface area contributed by atoms with Crippen LogP contribution in [-0.2, 0) is 0 Å². The quantitative estimate of drug-likeness (QED) is 0.890. The lowest BCUT2D eigenvalue weighted by Crippen LogP contribution is -2.41. The third-order valence-corrected chi connectivity index (χ3v) is 5.82. The van der Waals surface area contributed by atoms with Gasteiger partial charge < -0.3 is 10.2 Å². The van der Waals surface area contributed by atoms with Gasteiger partial charge in [0.05, 0.1) is 0 Å². The van der Waals surface area contributed by atoms with Crippen LogP contribution < -0.4 is 5.73 Å². The van der Waals surface area contributed by atoms with Crippen LogP contribution in [0.3, 0.4) is 0 Å². The van der Waals surface area contributed by atoms with Crippen molar-refractivity contribution in [1.29, 1.82) is 0 Å². The van der Waals surface area contributed by atoms with E-state index in [1.807, 2.05) is 24.3 Å². The van der Waals surface area contributed by atoms with E-state index >= 15 is 0 Å². The normalized spacial score (nSPS) is 27.1. The summed E-state index contributed by atoms with van der Waals surface area (Å²) >= 11 is 1.72. The molecule has 0 aliphatic heterocycles. The Morgan fingerprint density at radius 2 is 2.00 bits per heavy atom. The van der Waals surface area contributed by atoms with E-state index in [1.165, 1.54) is 6.42 Å². The molecule has 1 aliphatic rings. The SMILES string of the molecule is CC(C)(C)C1CCC(N)C(Sc2nc3ccccc3o2)C1. The predicted molar refractivity (Wildman–Crippen MR) is 88.4 cm³/mol. The predicted octanol–water partition coefficient (Wildman–Crippen LogP) is 4.46. The number of thioether (sulfide) groups is 1. The van der Waals surface area contributed by atoms with Crippen LogP contribution in [0.15, 0.2) is 33.9 Å². The van der Waals surface area contributed by atoms with E-state index in [9.17, 15) is 0 Å². The number of hydrogen-bond acceptors (Lipinski definition) is 4. The standard InChI is InChI=1S/C17H24N2OS/c1-17(2,3)11-8-9-12(18)15(10-11)21-16-19-13-6-4-5-7-14(13)20-16/h4-7,11-12,15H,8-10,18H2,1-3H3. The van der Waals surface area contributed by atoms with E-state index in [2.05, 4.69) is 25.8 Å². The fraction of sp³-hybridized carbons (Fsp3) is 0.588. The molecule has 0 saturated heterocycles. The van der Waals surface area contributed by atoms with Crippen LogP contribution in [-0.4, -0.2) is 16.3 Å². The molecule has 1 aromatic heterocycles. The van der Waals surface area contributed by atoms with Crippen molar-refractivity contribution in [2.24, 2.45) is 17.1 Å². The van der Waals surface area contributed by atoms with Crippen molar-refractivity contribution >= 4 is 22.9 Å². The van der Waals surface area contributed by atoms with E-state index in [-0.39, 0.29) is 6.04 Å². The fourth-order valence-corrected chi connectivity index (χ4v) is 4.29. The van der Waals surface area contributed by atoms with Gasteiger partial charge in [-0.05, 0) is 42.7 Å². The number of nitrogens with two attached hydrogens (primary N) is 1. The lowest BCUT2D eigenvalue weighted by molar-refractivity contribution is 0.173. The highest BCUT2D eigenvalue weighted by molar-refractivity contribution is 7.99. The molecular formula is C17H24N2OS. The van der Waals surface area contributed by atoms with Crippen LogP contribution in [0, 0.1) is 11.3 Å². The molecule has 3 atom stereocenters. The van der Waals surface area contributed by atoms with Gasteiger partial charge in [-0.1, -0.05) is 44.7 Å². The Kier molecular flexibility index (Phi) is 4.02. The van der Waals surface area contributed by atoms with E-state index in [0.717, 1.165) is 35.1 Å². The topological polar surface area (TPSA) is 52.0 Å². The molecule has 3 rings (SSSR count). The molecule has 3 unspecified atom stereocenters. The zero-order valence-electron chi connectivity index (χ0n) is 13.0. The van der Waals surface area contributed by atoms with Gasteiger partial charge in [0, 0.05) is 11.3 Å². The molecule has 1 fully saturated rings. The van der Waals surface area contributed by atoms with Gasteiger partial charge in [-0.3, -0.25) is 0 Å². The fourth-order valence-electron chi connectivity index (χ4n) is 3.11. The molecule has 1 aliphatic carbocycles. The first-order valence-corrected chi connectivity index (χ1v) is 8.59. The summed E-state index contributed by atoms with van der Waals surface area (Å²) in [6.07, 6.45) is 3.48. The summed E-state index contributed by atoms with van der Waals surface area (Å²) in [5.74, 6) is 0.721. The summed E-state index contributed by atoms with van der Waals surface area (Å²) in [4.78, 5) is 4.57.